The van der Waals surface area contributed by atoms with E-state index in [0.29, 0.717) is 0 Å². The van der Waals surface area contributed by atoms with Crippen LogP contribution in [-0.2, 0) is 18.0 Å². The van der Waals surface area contributed by atoms with E-state index in [-0.39, 0.29) is 0 Å². The van der Waals surface area contributed by atoms with Gasteiger partial charge in [-0.25, -0.2) is 9.55 Å². The van der Waals surface area contributed by atoms with Crippen LogP contribution in [-0.4, -0.2) is 4.98 Å². The number of aromatic nitrogens is 2. The second-order valence-corrected chi connectivity index (χ2v) is 2.09. The lowest BCUT2D eigenvalue weighted by Gasteiger charge is -1.83. The Bertz CT molecular complexity index is 212. The van der Waals surface area contributed by atoms with E-state index in [0.717, 1.165) is 6.42 Å². The lowest BCUT2D eigenvalue weighted by Crippen LogP contribution is -2.29. The summed E-state index contributed by atoms with van der Waals surface area (Å²) in [6, 6.07) is 0. The highest BCUT2D eigenvalue weighted by Crippen LogP contribution is 1.82. The summed E-state index contributed by atoms with van der Waals surface area (Å²) >= 11 is 0. The van der Waals surface area contributed by atoms with Gasteiger partial charge in [0.2, 0.25) is 0 Å². The highest BCUT2D eigenvalue weighted by atomic mass is 31.1. The molecular formula is C6H11N2O2P. The molecule has 0 spiro atoms. The number of hydrogen-bond donors (Lipinski definition) is 1. The number of imidazole rings is 1. The molecule has 62 valence electrons. The fraction of sp³-hybridized carbons (Fsp3) is 0.500. The van der Waals surface area contributed by atoms with Gasteiger partial charge < -0.3 is 4.89 Å². The molecule has 1 aromatic heterocycles. The maximum atomic E-state index is 8.35. The summed E-state index contributed by atoms with van der Waals surface area (Å²) in [5, 5.41) is 0. The number of aryl methyl sites for hydroxylation is 2. The first kappa shape index (κ1) is 10.3. The van der Waals surface area contributed by atoms with E-state index >= 15 is 0 Å². The molecule has 0 atom stereocenters. The Morgan fingerprint density at radius 3 is 2.55 bits per heavy atom. The first-order chi connectivity index (χ1) is 5.26. The van der Waals surface area contributed by atoms with Gasteiger partial charge in [0.25, 0.3) is 5.82 Å². The van der Waals surface area contributed by atoms with Gasteiger partial charge in [0.05, 0.1) is 15.7 Å². The van der Waals surface area contributed by atoms with Crippen molar-refractivity contribution in [3.05, 3.63) is 18.2 Å². The van der Waals surface area contributed by atoms with E-state index in [1.807, 2.05) is 19.4 Å². The third kappa shape index (κ3) is 3.86. The van der Waals surface area contributed by atoms with Gasteiger partial charge in [-0.2, -0.15) is 0 Å². The minimum Gasteiger partial charge on any atom is -0.772 e. The molecule has 11 heavy (non-hydrogen) atoms. The second-order valence-electron chi connectivity index (χ2n) is 1.95. The lowest BCUT2D eigenvalue weighted by molar-refractivity contribution is -0.677. The summed E-state index contributed by atoms with van der Waals surface area (Å²) in [5.41, 5.74) is 0. The summed E-state index contributed by atoms with van der Waals surface area (Å²) in [6.07, 6.45) is 5.03. The normalized spacial score (nSPS) is 9.00. The van der Waals surface area contributed by atoms with Crippen molar-refractivity contribution in [1.29, 1.82) is 0 Å². The number of nitrogens with one attached hydrogen (secondary N) is 1. The van der Waals surface area contributed by atoms with Crippen LogP contribution in [0.4, 0.5) is 0 Å². The van der Waals surface area contributed by atoms with Gasteiger partial charge in [-0.15, -0.1) is 0 Å². The fourth-order valence-electron chi connectivity index (χ4n) is 0.789. The molecule has 0 saturated carbocycles. The first-order valence-electron chi connectivity index (χ1n) is 3.23. The third-order valence-electron chi connectivity index (χ3n) is 1.31. The molecule has 0 aliphatic heterocycles. The first-order valence-corrected chi connectivity index (χ1v) is 3.96. The highest BCUT2D eigenvalue weighted by Gasteiger charge is 1.99. The van der Waals surface area contributed by atoms with Crippen molar-refractivity contribution in [3.8, 4) is 0 Å². The SMILES string of the molecule is CCc1[nH]cc[n+]1C.O=P[O-]. The van der Waals surface area contributed by atoms with Crippen LogP contribution < -0.4 is 9.46 Å². The molecule has 1 rings (SSSR count). The molecule has 0 aromatic carbocycles. The van der Waals surface area contributed by atoms with Crippen molar-refractivity contribution >= 4 is 8.69 Å². The molecule has 4 nitrogen and oxygen atoms in total. The molecule has 0 aliphatic carbocycles. The quantitative estimate of drug-likeness (QED) is 0.479. The van der Waals surface area contributed by atoms with Crippen molar-refractivity contribution in [2.75, 3.05) is 0 Å². The van der Waals surface area contributed by atoms with Crippen LogP contribution in [0.2, 0.25) is 0 Å². The molecule has 0 amide bonds. The molecule has 0 saturated heterocycles. The Balaban J connectivity index is 0.000000292. The van der Waals surface area contributed by atoms with Gasteiger partial charge in [-0.1, -0.05) is 6.92 Å². The topological polar surface area (TPSA) is 59.8 Å². The molecule has 1 heterocycles. The Kier molecular flexibility index (Phi) is 5.61. The third-order valence-corrected chi connectivity index (χ3v) is 1.31. The maximum absolute atomic E-state index is 8.35. The smallest absolute Gasteiger partial charge is 0.253 e. The van der Waals surface area contributed by atoms with Crippen LogP contribution in [0.15, 0.2) is 12.4 Å². The summed E-state index contributed by atoms with van der Waals surface area (Å²) in [6.45, 7) is 2.13. The van der Waals surface area contributed by atoms with Crippen molar-refractivity contribution < 1.29 is 14.0 Å². The number of hydrogen-bond acceptors (Lipinski definition) is 2. The van der Waals surface area contributed by atoms with E-state index in [1.54, 1.807) is 0 Å². The van der Waals surface area contributed by atoms with Crippen LogP contribution in [0.5, 0.6) is 0 Å². The largest absolute Gasteiger partial charge is 0.772 e. The van der Waals surface area contributed by atoms with Crippen molar-refractivity contribution in [3.63, 3.8) is 0 Å². The molecule has 1 aromatic rings. The monoisotopic (exact) mass is 174 g/mol. The molecular weight excluding hydrogens is 163 g/mol. The number of rotatable bonds is 1. The fourth-order valence-corrected chi connectivity index (χ4v) is 0.789. The maximum Gasteiger partial charge on any atom is 0.253 e. The van der Waals surface area contributed by atoms with Gasteiger partial charge in [0, 0.05) is 6.42 Å². The number of aromatic amines is 1. The standard InChI is InChI=1S/C6H10N2.HO2P/c1-3-6-7-4-5-8(6)2;1-3-2/h4-5H,3H2,1-2H3;(H,1,2). The molecule has 5 heteroatoms. The predicted octanol–water partition coefficient (Wildman–Crippen LogP) is -0.0450. The van der Waals surface area contributed by atoms with E-state index in [2.05, 4.69) is 16.5 Å². The van der Waals surface area contributed by atoms with Crippen molar-refractivity contribution in [1.82, 2.24) is 4.98 Å². The number of H-pyrrole nitrogens is 1. The predicted molar refractivity (Wildman–Crippen MR) is 39.0 cm³/mol. The molecule has 0 bridgehead atoms. The van der Waals surface area contributed by atoms with Gasteiger partial charge in [0.15, 0.2) is 0 Å². The Labute approximate surface area is 67.2 Å². The molecule has 0 unspecified atom stereocenters. The van der Waals surface area contributed by atoms with Gasteiger partial charge in [0.1, 0.15) is 12.4 Å². The summed E-state index contributed by atoms with van der Waals surface area (Å²) in [7, 11) is 0.954. The molecule has 0 fully saturated rings. The van der Waals surface area contributed by atoms with E-state index in [1.165, 1.54) is 5.82 Å². The molecule has 0 radical (unpaired) electrons. The van der Waals surface area contributed by atoms with Crippen LogP contribution in [0.25, 0.3) is 0 Å². The zero-order valence-electron chi connectivity index (χ0n) is 6.57. The highest BCUT2D eigenvalue weighted by molar-refractivity contribution is 7.14. The zero-order valence-corrected chi connectivity index (χ0v) is 7.47. The summed E-state index contributed by atoms with van der Waals surface area (Å²) < 4.78 is 10.4. The molecule has 1 N–H and O–H groups in total. The van der Waals surface area contributed by atoms with Crippen LogP contribution in [0.3, 0.4) is 0 Å². The number of nitrogens with zero attached hydrogens (tertiary/aromatic N) is 1. The van der Waals surface area contributed by atoms with E-state index < -0.39 is 8.69 Å². The van der Waals surface area contributed by atoms with Gasteiger partial charge in [-0.3, -0.25) is 4.57 Å². The Hall–Kier alpha value is -0.730. The van der Waals surface area contributed by atoms with Crippen molar-refractivity contribution in [2.45, 2.75) is 13.3 Å². The van der Waals surface area contributed by atoms with E-state index in [9.17, 15) is 0 Å². The Morgan fingerprint density at radius 1 is 1.82 bits per heavy atom. The van der Waals surface area contributed by atoms with Crippen LogP contribution in [0, 0.1) is 0 Å². The van der Waals surface area contributed by atoms with Crippen LogP contribution >= 0.6 is 8.69 Å². The minimum absolute atomic E-state index is 1.07. The van der Waals surface area contributed by atoms with Gasteiger partial charge in [-0.05, 0) is 0 Å². The average Bonchev–Trinajstić information content (AvgIpc) is 2.36. The Morgan fingerprint density at radius 2 is 2.36 bits per heavy atom. The summed E-state index contributed by atoms with van der Waals surface area (Å²) in [4.78, 5) is 11.5. The zero-order chi connectivity index (χ0) is 8.69. The minimum atomic E-state index is -1.08. The molecule has 0 aliphatic rings. The van der Waals surface area contributed by atoms with E-state index in [4.69, 9.17) is 9.46 Å². The van der Waals surface area contributed by atoms with Gasteiger partial charge >= 0.3 is 0 Å². The average molecular weight is 174 g/mol. The van der Waals surface area contributed by atoms with Crippen LogP contribution in [0.1, 0.15) is 12.7 Å². The summed E-state index contributed by atoms with van der Waals surface area (Å²) in [5.74, 6) is 1.27. The lowest BCUT2D eigenvalue weighted by atomic mass is 10.5. The van der Waals surface area contributed by atoms with Crippen molar-refractivity contribution in [2.24, 2.45) is 7.05 Å². The second kappa shape index (κ2) is 6.01.